The van der Waals surface area contributed by atoms with Gasteiger partial charge in [0.25, 0.3) is 0 Å². The standard InChI is InChI=1S/C23H28N2O/c1-19-9-5-6-12-21(19)24-15-17-25(18-16-24)22(26)23(13-7-8-14-23)20-10-3-2-4-11-20/h2-6,9-12H,7-8,13-18H2,1H3. The monoisotopic (exact) mass is 348 g/mol. The summed E-state index contributed by atoms with van der Waals surface area (Å²) in [5, 5.41) is 0. The minimum Gasteiger partial charge on any atom is -0.368 e. The number of hydrogen-bond donors (Lipinski definition) is 0. The number of carbonyl (C=O) groups excluding carboxylic acids is 1. The van der Waals surface area contributed by atoms with Crippen LogP contribution in [0.15, 0.2) is 54.6 Å². The molecule has 2 fully saturated rings. The van der Waals surface area contributed by atoms with Gasteiger partial charge in [-0.1, -0.05) is 61.4 Å². The van der Waals surface area contributed by atoms with Crippen molar-refractivity contribution in [3.8, 4) is 0 Å². The number of hydrogen-bond acceptors (Lipinski definition) is 2. The van der Waals surface area contributed by atoms with Crippen molar-refractivity contribution in [2.75, 3.05) is 31.1 Å². The number of nitrogens with zero attached hydrogens (tertiary/aromatic N) is 2. The molecule has 2 aromatic rings. The molecular weight excluding hydrogens is 320 g/mol. The van der Waals surface area contributed by atoms with E-state index in [0.29, 0.717) is 5.91 Å². The van der Waals surface area contributed by atoms with Crippen molar-refractivity contribution in [3.05, 3.63) is 65.7 Å². The van der Waals surface area contributed by atoms with Crippen molar-refractivity contribution in [2.45, 2.75) is 38.0 Å². The van der Waals surface area contributed by atoms with Gasteiger partial charge in [0, 0.05) is 31.9 Å². The molecule has 1 aliphatic carbocycles. The van der Waals surface area contributed by atoms with Crippen molar-refractivity contribution < 1.29 is 4.79 Å². The fraction of sp³-hybridized carbons (Fsp3) is 0.435. The third-order valence-corrected chi connectivity index (χ3v) is 6.22. The number of benzene rings is 2. The Hall–Kier alpha value is -2.29. The fourth-order valence-electron chi connectivity index (χ4n) is 4.73. The van der Waals surface area contributed by atoms with Crippen molar-refractivity contribution >= 4 is 11.6 Å². The fourth-order valence-corrected chi connectivity index (χ4v) is 4.73. The van der Waals surface area contributed by atoms with E-state index in [2.05, 4.69) is 65.3 Å². The largest absolute Gasteiger partial charge is 0.368 e. The van der Waals surface area contributed by atoms with Gasteiger partial charge in [-0.25, -0.2) is 0 Å². The maximum absolute atomic E-state index is 13.5. The van der Waals surface area contributed by atoms with Gasteiger partial charge in [-0.2, -0.15) is 0 Å². The summed E-state index contributed by atoms with van der Waals surface area (Å²) in [7, 11) is 0. The Kier molecular flexibility index (Phi) is 4.71. The summed E-state index contributed by atoms with van der Waals surface area (Å²) < 4.78 is 0. The highest BCUT2D eigenvalue weighted by molar-refractivity contribution is 5.89. The molecule has 0 radical (unpaired) electrons. The van der Waals surface area contributed by atoms with Gasteiger partial charge in [0.05, 0.1) is 5.41 Å². The van der Waals surface area contributed by atoms with Crippen molar-refractivity contribution in [2.24, 2.45) is 0 Å². The molecule has 1 saturated heterocycles. The van der Waals surface area contributed by atoms with Gasteiger partial charge in [-0.05, 0) is 37.0 Å². The lowest BCUT2D eigenvalue weighted by Gasteiger charge is -2.41. The molecule has 0 unspecified atom stereocenters. The molecule has 26 heavy (non-hydrogen) atoms. The maximum atomic E-state index is 13.5. The highest BCUT2D eigenvalue weighted by Gasteiger charge is 2.45. The number of aryl methyl sites for hydroxylation is 1. The van der Waals surface area contributed by atoms with Crippen LogP contribution in [0.5, 0.6) is 0 Å². The Balaban J connectivity index is 1.50. The molecule has 2 aromatic carbocycles. The third kappa shape index (κ3) is 3.00. The van der Waals surface area contributed by atoms with E-state index in [1.54, 1.807) is 0 Å². The number of anilines is 1. The van der Waals surface area contributed by atoms with Crippen LogP contribution in [0.4, 0.5) is 5.69 Å². The van der Waals surface area contributed by atoms with E-state index in [0.717, 1.165) is 51.9 Å². The number of piperazine rings is 1. The zero-order valence-electron chi connectivity index (χ0n) is 15.7. The maximum Gasteiger partial charge on any atom is 0.233 e. The minimum absolute atomic E-state index is 0.286. The third-order valence-electron chi connectivity index (χ3n) is 6.22. The van der Waals surface area contributed by atoms with Gasteiger partial charge in [0.2, 0.25) is 5.91 Å². The summed E-state index contributed by atoms with van der Waals surface area (Å²) in [4.78, 5) is 18.1. The zero-order valence-corrected chi connectivity index (χ0v) is 15.7. The van der Waals surface area contributed by atoms with Crippen LogP contribution in [-0.2, 0) is 10.2 Å². The second-order valence-electron chi connectivity index (χ2n) is 7.72. The zero-order chi connectivity index (χ0) is 18.0. The lowest BCUT2D eigenvalue weighted by molar-refractivity contribution is -0.137. The summed E-state index contributed by atoms with van der Waals surface area (Å²) in [6.45, 7) is 5.64. The second-order valence-corrected chi connectivity index (χ2v) is 7.72. The van der Waals surface area contributed by atoms with Gasteiger partial charge >= 0.3 is 0 Å². The molecule has 0 aromatic heterocycles. The normalized spacial score (nSPS) is 19.6. The van der Waals surface area contributed by atoms with Crippen LogP contribution >= 0.6 is 0 Å². The van der Waals surface area contributed by atoms with Gasteiger partial charge in [-0.3, -0.25) is 4.79 Å². The Morgan fingerprint density at radius 3 is 2.12 bits per heavy atom. The summed E-state index contributed by atoms with van der Waals surface area (Å²) >= 11 is 0. The van der Waals surface area contributed by atoms with Crippen molar-refractivity contribution in [3.63, 3.8) is 0 Å². The first-order valence-corrected chi connectivity index (χ1v) is 9.86. The van der Waals surface area contributed by atoms with E-state index in [1.807, 2.05) is 6.07 Å². The minimum atomic E-state index is -0.286. The van der Waals surface area contributed by atoms with E-state index in [-0.39, 0.29) is 5.41 Å². The molecule has 0 bridgehead atoms. The first-order chi connectivity index (χ1) is 12.7. The molecule has 3 heteroatoms. The Labute approximate surface area is 156 Å². The molecule has 4 rings (SSSR count). The number of para-hydroxylation sites is 1. The van der Waals surface area contributed by atoms with Gasteiger partial charge in [0.1, 0.15) is 0 Å². The number of rotatable bonds is 3. The van der Waals surface area contributed by atoms with Crippen LogP contribution in [-0.4, -0.2) is 37.0 Å². The van der Waals surface area contributed by atoms with E-state index in [9.17, 15) is 4.79 Å². The van der Waals surface area contributed by atoms with Gasteiger partial charge in [0.15, 0.2) is 0 Å². The Bertz CT molecular complexity index is 757. The average Bonchev–Trinajstić information content (AvgIpc) is 3.20. The van der Waals surface area contributed by atoms with Crippen LogP contribution in [0.3, 0.4) is 0 Å². The SMILES string of the molecule is Cc1ccccc1N1CCN(C(=O)C2(c3ccccc3)CCCC2)CC1. The second kappa shape index (κ2) is 7.14. The molecule has 1 amide bonds. The van der Waals surface area contributed by atoms with Crippen molar-refractivity contribution in [1.29, 1.82) is 0 Å². The molecule has 0 spiro atoms. The van der Waals surface area contributed by atoms with E-state index < -0.39 is 0 Å². The molecule has 136 valence electrons. The predicted octanol–water partition coefficient (Wildman–Crippen LogP) is 4.16. The molecular formula is C23H28N2O. The Morgan fingerprint density at radius 2 is 1.46 bits per heavy atom. The molecule has 1 heterocycles. The predicted molar refractivity (Wildman–Crippen MR) is 107 cm³/mol. The summed E-state index contributed by atoms with van der Waals surface area (Å²) in [6, 6.07) is 19.0. The topological polar surface area (TPSA) is 23.6 Å². The molecule has 0 atom stereocenters. The lowest BCUT2D eigenvalue weighted by atomic mass is 9.77. The van der Waals surface area contributed by atoms with Gasteiger partial charge in [-0.15, -0.1) is 0 Å². The number of amides is 1. The molecule has 0 N–H and O–H groups in total. The number of carbonyl (C=O) groups is 1. The first-order valence-electron chi connectivity index (χ1n) is 9.86. The highest BCUT2D eigenvalue weighted by Crippen LogP contribution is 2.42. The van der Waals surface area contributed by atoms with E-state index in [4.69, 9.17) is 0 Å². The van der Waals surface area contributed by atoms with Crippen LogP contribution in [0.25, 0.3) is 0 Å². The Morgan fingerprint density at radius 1 is 0.846 bits per heavy atom. The molecule has 2 aliphatic rings. The van der Waals surface area contributed by atoms with Crippen LogP contribution in [0.1, 0.15) is 36.8 Å². The highest BCUT2D eigenvalue weighted by atomic mass is 16.2. The van der Waals surface area contributed by atoms with E-state index in [1.165, 1.54) is 16.8 Å². The van der Waals surface area contributed by atoms with Crippen LogP contribution in [0.2, 0.25) is 0 Å². The summed E-state index contributed by atoms with van der Waals surface area (Å²) in [5.74, 6) is 0.352. The summed E-state index contributed by atoms with van der Waals surface area (Å²) in [6.07, 6.45) is 4.30. The average molecular weight is 348 g/mol. The lowest BCUT2D eigenvalue weighted by Crippen LogP contribution is -2.54. The summed E-state index contributed by atoms with van der Waals surface area (Å²) in [5.41, 5.74) is 3.54. The van der Waals surface area contributed by atoms with E-state index >= 15 is 0 Å². The molecule has 1 aliphatic heterocycles. The molecule has 3 nitrogen and oxygen atoms in total. The van der Waals surface area contributed by atoms with Crippen LogP contribution < -0.4 is 4.90 Å². The smallest absolute Gasteiger partial charge is 0.233 e. The first kappa shape index (κ1) is 17.1. The van der Waals surface area contributed by atoms with Crippen LogP contribution in [0, 0.1) is 6.92 Å². The van der Waals surface area contributed by atoms with Crippen molar-refractivity contribution in [1.82, 2.24) is 4.90 Å². The van der Waals surface area contributed by atoms with Gasteiger partial charge < -0.3 is 9.80 Å². The molecule has 1 saturated carbocycles. The quantitative estimate of drug-likeness (QED) is 0.832.